The second-order valence-corrected chi connectivity index (χ2v) is 6.05. The van der Waals surface area contributed by atoms with Crippen LogP contribution in [-0.4, -0.2) is 36.2 Å². The Hall–Kier alpha value is -2.86. The summed E-state index contributed by atoms with van der Waals surface area (Å²) >= 11 is 5.86. The number of likely N-dealkylation sites (N-methyl/N-ethyl adjacent to an activating group) is 1. The van der Waals surface area contributed by atoms with Gasteiger partial charge < -0.3 is 14.2 Å². The van der Waals surface area contributed by atoms with Crippen molar-refractivity contribution in [3.63, 3.8) is 0 Å². The van der Waals surface area contributed by atoms with Crippen molar-refractivity contribution in [1.29, 1.82) is 0 Å². The largest absolute Gasteiger partial charge is 0.492 e. The number of rotatable bonds is 6. The maximum absolute atomic E-state index is 12.8. The first-order valence-electron chi connectivity index (χ1n) is 7.89. The zero-order valence-corrected chi connectivity index (χ0v) is 14.7. The maximum atomic E-state index is 12.8. The van der Waals surface area contributed by atoms with E-state index in [1.54, 1.807) is 37.4 Å². The fraction of sp³-hybridized carbons (Fsp3) is 0.158. The van der Waals surface area contributed by atoms with E-state index < -0.39 is 0 Å². The maximum Gasteiger partial charge on any atom is 0.275 e. The van der Waals surface area contributed by atoms with Crippen LogP contribution in [0.1, 0.15) is 10.5 Å². The minimum atomic E-state index is -0.327. The number of carbonyl (C=O) groups excluding carboxylic acids is 1. The summed E-state index contributed by atoms with van der Waals surface area (Å²) < 4.78 is 23.6. The van der Waals surface area contributed by atoms with Gasteiger partial charge in [-0.3, -0.25) is 4.79 Å². The molecule has 0 bridgehead atoms. The molecule has 0 spiro atoms. The third kappa shape index (κ3) is 4.40. The Morgan fingerprint density at radius 1 is 1.19 bits per heavy atom. The summed E-state index contributed by atoms with van der Waals surface area (Å²) in [5, 5.41) is 4.45. The van der Waals surface area contributed by atoms with E-state index in [9.17, 15) is 9.18 Å². The predicted octanol–water partition coefficient (Wildman–Crippen LogP) is 4.29. The van der Waals surface area contributed by atoms with Gasteiger partial charge in [-0.05, 0) is 48.5 Å². The van der Waals surface area contributed by atoms with E-state index in [0.29, 0.717) is 23.1 Å². The molecular formula is C19H16ClFN2O3. The monoisotopic (exact) mass is 374 g/mol. The summed E-state index contributed by atoms with van der Waals surface area (Å²) in [6, 6.07) is 14.3. The molecule has 1 aromatic heterocycles. The minimum absolute atomic E-state index is 0.208. The van der Waals surface area contributed by atoms with Crippen molar-refractivity contribution in [2.45, 2.75) is 0 Å². The number of hydrogen-bond donors (Lipinski definition) is 0. The molecule has 134 valence electrons. The first kappa shape index (κ1) is 17.9. The smallest absolute Gasteiger partial charge is 0.275 e. The first-order valence-corrected chi connectivity index (χ1v) is 8.27. The normalized spacial score (nSPS) is 10.6. The molecule has 1 amide bonds. The Morgan fingerprint density at radius 3 is 2.58 bits per heavy atom. The zero-order valence-electron chi connectivity index (χ0n) is 14.0. The van der Waals surface area contributed by atoms with Gasteiger partial charge in [-0.2, -0.15) is 0 Å². The van der Waals surface area contributed by atoms with Crippen molar-refractivity contribution in [3.05, 3.63) is 71.1 Å². The summed E-state index contributed by atoms with van der Waals surface area (Å²) in [5.74, 6) is 0.420. The minimum Gasteiger partial charge on any atom is -0.492 e. The van der Waals surface area contributed by atoms with Gasteiger partial charge in [-0.1, -0.05) is 16.8 Å². The van der Waals surface area contributed by atoms with E-state index in [1.807, 2.05) is 0 Å². The molecule has 0 saturated heterocycles. The highest BCUT2D eigenvalue weighted by Gasteiger charge is 2.17. The number of benzene rings is 2. The van der Waals surface area contributed by atoms with E-state index in [0.717, 1.165) is 5.56 Å². The number of halogens is 2. The third-order valence-corrected chi connectivity index (χ3v) is 3.97. The van der Waals surface area contributed by atoms with Crippen LogP contribution in [0.5, 0.6) is 5.75 Å². The van der Waals surface area contributed by atoms with Gasteiger partial charge in [0.1, 0.15) is 18.2 Å². The second kappa shape index (κ2) is 8.01. The Labute approximate surface area is 154 Å². The highest BCUT2D eigenvalue weighted by molar-refractivity contribution is 6.30. The van der Waals surface area contributed by atoms with Gasteiger partial charge in [0, 0.05) is 23.7 Å². The topological polar surface area (TPSA) is 55.6 Å². The third-order valence-electron chi connectivity index (χ3n) is 3.71. The van der Waals surface area contributed by atoms with Crippen LogP contribution in [0, 0.1) is 5.82 Å². The highest BCUT2D eigenvalue weighted by Crippen LogP contribution is 2.22. The summed E-state index contributed by atoms with van der Waals surface area (Å²) in [7, 11) is 1.65. The van der Waals surface area contributed by atoms with E-state index >= 15 is 0 Å². The molecule has 1 heterocycles. The van der Waals surface area contributed by atoms with Crippen LogP contribution in [0.4, 0.5) is 4.39 Å². The molecule has 0 unspecified atom stereocenters. The lowest BCUT2D eigenvalue weighted by Gasteiger charge is -2.15. The standard InChI is InChI=1S/C19H16ClFN2O3/c1-23(10-11-25-16-8-6-15(21)7-9-16)19(24)17-12-18(26-22-17)13-2-4-14(20)5-3-13/h2-9,12H,10-11H2,1H3. The van der Waals surface area contributed by atoms with Gasteiger partial charge in [0.25, 0.3) is 5.91 Å². The first-order chi connectivity index (χ1) is 12.5. The molecule has 0 aliphatic carbocycles. The van der Waals surface area contributed by atoms with Crippen molar-refractivity contribution >= 4 is 17.5 Å². The SMILES string of the molecule is CN(CCOc1ccc(F)cc1)C(=O)c1cc(-c2ccc(Cl)cc2)on1. The van der Waals surface area contributed by atoms with Gasteiger partial charge in [0.15, 0.2) is 11.5 Å². The lowest BCUT2D eigenvalue weighted by Crippen LogP contribution is -2.31. The van der Waals surface area contributed by atoms with Gasteiger partial charge >= 0.3 is 0 Å². The van der Waals surface area contributed by atoms with Crippen molar-refractivity contribution in [1.82, 2.24) is 10.1 Å². The van der Waals surface area contributed by atoms with Crippen LogP contribution in [0.3, 0.4) is 0 Å². The predicted molar refractivity (Wildman–Crippen MR) is 95.8 cm³/mol. The number of amides is 1. The molecule has 0 aliphatic rings. The molecule has 5 nitrogen and oxygen atoms in total. The fourth-order valence-electron chi connectivity index (χ4n) is 2.25. The Balaban J connectivity index is 1.56. The number of ether oxygens (including phenoxy) is 1. The van der Waals surface area contributed by atoms with Crippen molar-refractivity contribution < 1.29 is 18.4 Å². The molecule has 0 aliphatic heterocycles. The molecule has 3 rings (SSSR count). The van der Waals surface area contributed by atoms with Crippen LogP contribution in [0.25, 0.3) is 11.3 Å². The molecule has 0 fully saturated rings. The lowest BCUT2D eigenvalue weighted by atomic mass is 10.1. The molecule has 7 heteroatoms. The summed E-state index contributed by atoms with van der Waals surface area (Å²) in [4.78, 5) is 13.9. The molecular weight excluding hydrogens is 359 g/mol. The number of aromatic nitrogens is 1. The van der Waals surface area contributed by atoms with Crippen LogP contribution >= 0.6 is 11.6 Å². The Bertz CT molecular complexity index is 879. The number of nitrogens with zero attached hydrogens (tertiary/aromatic N) is 2. The zero-order chi connectivity index (χ0) is 18.5. The second-order valence-electron chi connectivity index (χ2n) is 5.61. The van der Waals surface area contributed by atoms with E-state index in [4.69, 9.17) is 20.9 Å². The van der Waals surface area contributed by atoms with Gasteiger partial charge in [0.2, 0.25) is 0 Å². The molecule has 0 N–H and O–H groups in total. The average Bonchev–Trinajstić information content (AvgIpc) is 3.13. The molecule has 0 atom stereocenters. The number of hydrogen-bond acceptors (Lipinski definition) is 4. The molecule has 0 saturated carbocycles. The molecule has 0 radical (unpaired) electrons. The lowest BCUT2D eigenvalue weighted by molar-refractivity contribution is 0.0763. The van der Waals surface area contributed by atoms with Crippen LogP contribution in [0.15, 0.2) is 59.1 Å². The Kier molecular flexibility index (Phi) is 5.53. The molecule has 3 aromatic rings. The van der Waals surface area contributed by atoms with Gasteiger partial charge in [-0.25, -0.2) is 4.39 Å². The van der Waals surface area contributed by atoms with E-state index in [2.05, 4.69) is 5.16 Å². The number of carbonyl (C=O) groups is 1. The quantitative estimate of drug-likeness (QED) is 0.646. The van der Waals surface area contributed by atoms with Crippen LogP contribution < -0.4 is 4.74 Å². The van der Waals surface area contributed by atoms with E-state index in [-0.39, 0.29) is 24.0 Å². The highest BCUT2D eigenvalue weighted by atomic mass is 35.5. The van der Waals surface area contributed by atoms with Crippen LogP contribution in [0.2, 0.25) is 5.02 Å². The average molecular weight is 375 g/mol. The fourth-order valence-corrected chi connectivity index (χ4v) is 2.38. The van der Waals surface area contributed by atoms with E-state index in [1.165, 1.54) is 29.2 Å². The van der Waals surface area contributed by atoms with Gasteiger partial charge in [-0.15, -0.1) is 0 Å². The van der Waals surface area contributed by atoms with Gasteiger partial charge in [0.05, 0.1) is 6.54 Å². The van der Waals surface area contributed by atoms with Crippen molar-refractivity contribution in [3.8, 4) is 17.1 Å². The van der Waals surface area contributed by atoms with Crippen molar-refractivity contribution in [2.24, 2.45) is 0 Å². The summed E-state index contributed by atoms with van der Waals surface area (Å²) in [6.45, 7) is 0.620. The summed E-state index contributed by atoms with van der Waals surface area (Å²) in [6.07, 6.45) is 0. The molecule has 2 aromatic carbocycles. The summed E-state index contributed by atoms with van der Waals surface area (Å²) in [5.41, 5.74) is 0.988. The van der Waals surface area contributed by atoms with Crippen molar-refractivity contribution in [2.75, 3.05) is 20.2 Å². The van der Waals surface area contributed by atoms with Crippen LogP contribution in [-0.2, 0) is 0 Å². The molecule has 26 heavy (non-hydrogen) atoms. The Morgan fingerprint density at radius 2 is 1.88 bits per heavy atom.